The molecule has 9 heteroatoms. The van der Waals surface area contributed by atoms with E-state index < -0.39 is 15.9 Å². The number of pyridine rings is 1. The maximum atomic E-state index is 13.0. The van der Waals surface area contributed by atoms with E-state index in [-0.39, 0.29) is 16.3 Å². The van der Waals surface area contributed by atoms with Crippen LogP contribution in [0.5, 0.6) is 17.4 Å². The van der Waals surface area contributed by atoms with Crippen molar-refractivity contribution >= 4 is 21.6 Å². The molecule has 1 saturated heterocycles. The second-order valence-corrected chi connectivity index (χ2v) is 9.52. The van der Waals surface area contributed by atoms with E-state index in [1.165, 1.54) is 16.4 Å². The first-order valence-corrected chi connectivity index (χ1v) is 12.1. The van der Waals surface area contributed by atoms with Gasteiger partial charge in [-0.25, -0.2) is 13.4 Å². The van der Waals surface area contributed by atoms with Crippen molar-refractivity contribution in [3.8, 4) is 17.4 Å². The van der Waals surface area contributed by atoms with Crippen LogP contribution in [-0.4, -0.2) is 43.8 Å². The van der Waals surface area contributed by atoms with Gasteiger partial charge in [-0.1, -0.05) is 12.5 Å². The van der Waals surface area contributed by atoms with Crippen LogP contribution in [0.3, 0.4) is 0 Å². The molecule has 0 saturated carbocycles. The minimum Gasteiger partial charge on any atom is -0.497 e. The minimum absolute atomic E-state index is 0.109. The smallest absolute Gasteiger partial charge is 0.255 e. The average Bonchev–Trinajstić information content (AvgIpc) is 2.86. The largest absolute Gasteiger partial charge is 0.497 e. The molecule has 1 aliphatic heterocycles. The van der Waals surface area contributed by atoms with Crippen molar-refractivity contribution in [3.63, 3.8) is 0 Å². The number of anilines is 1. The van der Waals surface area contributed by atoms with Crippen LogP contribution in [0.25, 0.3) is 0 Å². The summed E-state index contributed by atoms with van der Waals surface area (Å²) in [6.07, 6.45) is 4.27. The van der Waals surface area contributed by atoms with Crippen molar-refractivity contribution in [3.05, 3.63) is 72.4 Å². The SMILES string of the molecule is COc1ccc(Oc2ncccc2NC(=O)c2cccc(S(=O)(=O)N3CCCCC3)c2)cc1. The van der Waals surface area contributed by atoms with Crippen molar-refractivity contribution in [2.24, 2.45) is 0 Å². The molecule has 33 heavy (non-hydrogen) atoms. The Morgan fingerprint density at radius 1 is 0.970 bits per heavy atom. The van der Waals surface area contributed by atoms with Crippen LogP contribution in [0, 0.1) is 0 Å². The van der Waals surface area contributed by atoms with Crippen molar-refractivity contribution in [1.29, 1.82) is 0 Å². The van der Waals surface area contributed by atoms with E-state index in [0.717, 1.165) is 19.3 Å². The third kappa shape index (κ3) is 5.32. The average molecular weight is 468 g/mol. The van der Waals surface area contributed by atoms with Crippen LogP contribution in [0.15, 0.2) is 71.8 Å². The summed E-state index contributed by atoms with van der Waals surface area (Å²) in [5.41, 5.74) is 0.593. The number of sulfonamides is 1. The summed E-state index contributed by atoms with van der Waals surface area (Å²) in [6.45, 7) is 1.00. The van der Waals surface area contributed by atoms with Crippen molar-refractivity contribution in [1.82, 2.24) is 9.29 Å². The third-order valence-corrected chi connectivity index (χ3v) is 7.24. The lowest BCUT2D eigenvalue weighted by Gasteiger charge is -2.26. The number of piperidine rings is 1. The number of hydrogen-bond acceptors (Lipinski definition) is 6. The van der Waals surface area contributed by atoms with Gasteiger partial charge in [0.25, 0.3) is 5.91 Å². The Hall–Kier alpha value is -3.43. The first kappa shape index (κ1) is 22.8. The number of carbonyl (C=O) groups is 1. The molecule has 1 fully saturated rings. The van der Waals surface area contributed by atoms with E-state index in [9.17, 15) is 13.2 Å². The van der Waals surface area contributed by atoms with Gasteiger partial charge in [-0.15, -0.1) is 0 Å². The second kappa shape index (κ2) is 10.0. The quantitative estimate of drug-likeness (QED) is 0.556. The first-order chi connectivity index (χ1) is 16.0. The summed E-state index contributed by atoms with van der Waals surface area (Å²) in [6, 6.07) is 16.4. The van der Waals surface area contributed by atoms with Gasteiger partial charge in [-0.2, -0.15) is 4.31 Å². The molecule has 1 aliphatic rings. The molecule has 2 aromatic carbocycles. The molecule has 0 atom stereocenters. The fraction of sp³-hybridized carbons (Fsp3) is 0.250. The van der Waals surface area contributed by atoms with Crippen LogP contribution in [-0.2, 0) is 10.0 Å². The summed E-state index contributed by atoms with van der Waals surface area (Å²) in [5, 5.41) is 2.77. The molecule has 2 heterocycles. The molecule has 1 N–H and O–H groups in total. The van der Waals surface area contributed by atoms with Crippen LogP contribution in [0.1, 0.15) is 29.6 Å². The molecule has 1 aromatic heterocycles. The van der Waals surface area contributed by atoms with Gasteiger partial charge in [0.15, 0.2) is 0 Å². The summed E-state index contributed by atoms with van der Waals surface area (Å²) < 4.78 is 38.4. The van der Waals surface area contributed by atoms with Crippen LogP contribution >= 0.6 is 0 Å². The maximum Gasteiger partial charge on any atom is 0.255 e. The third-order valence-electron chi connectivity index (χ3n) is 5.34. The Kier molecular flexibility index (Phi) is 6.90. The van der Waals surface area contributed by atoms with Crippen LogP contribution in [0.2, 0.25) is 0 Å². The Morgan fingerprint density at radius 2 is 1.70 bits per heavy atom. The van der Waals surface area contributed by atoms with E-state index in [4.69, 9.17) is 9.47 Å². The number of aromatic nitrogens is 1. The minimum atomic E-state index is -3.64. The highest BCUT2D eigenvalue weighted by molar-refractivity contribution is 7.89. The highest BCUT2D eigenvalue weighted by Gasteiger charge is 2.26. The molecule has 3 aromatic rings. The molecule has 4 rings (SSSR count). The molecule has 0 bridgehead atoms. The standard InChI is InChI=1S/C24H25N3O5S/c1-31-19-10-12-20(13-11-19)32-24-22(9-6-14-25-24)26-23(28)18-7-5-8-21(17-18)33(29,30)27-15-3-2-4-16-27/h5-14,17H,2-4,15-16H2,1H3,(H,26,28). The zero-order valence-corrected chi connectivity index (χ0v) is 19.0. The van der Waals surface area contributed by atoms with Crippen molar-refractivity contribution in [2.75, 3.05) is 25.5 Å². The molecule has 0 spiro atoms. The lowest BCUT2D eigenvalue weighted by molar-refractivity contribution is 0.102. The van der Waals surface area contributed by atoms with E-state index >= 15 is 0 Å². The number of nitrogens with one attached hydrogen (secondary N) is 1. The van der Waals surface area contributed by atoms with Gasteiger partial charge < -0.3 is 14.8 Å². The van der Waals surface area contributed by atoms with E-state index in [0.29, 0.717) is 30.3 Å². The molecule has 8 nitrogen and oxygen atoms in total. The van der Waals surface area contributed by atoms with Gasteiger partial charge in [0.05, 0.1) is 12.0 Å². The molecule has 1 amide bonds. The van der Waals surface area contributed by atoms with Crippen molar-refractivity contribution < 1.29 is 22.7 Å². The zero-order chi connectivity index (χ0) is 23.3. The lowest BCUT2D eigenvalue weighted by atomic mass is 10.2. The van der Waals surface area contributed by atoms with Crippen LogP contribution in [0.4, 0.5) is 5.69 Å². The lowest BCUT2D eigenvalue weighted by Crippen LogP contribution is -2.35. The van der Waals surface area contributed by atoms with Gasteiger partial charge >= 0.3 is 0 Å². The fourth-order valence-electron chi connectivity index (χ4n) is 3.57. The number of amides is 1. The highest BCUT2D eigenvalue weighted by atomic mass is 32.2. The van der Waals surface area contributed by atoms with E-state index in [1.807, 2.05) is 0 Å². The predicted molar refractivity (Wildman–Crippen MR) is 124 cm³/mol. The van der Waals surface area contributed by atoms with E-state index in [1.54, 1.807) is 61.8 Å². The van der Waals surface area contributed by atoms with Crippen LogP contribution < -0.4 is 14.8 Å². The highest BCUT2D eigenvalue weighted by Crippen LogP contribution is 2.29. The topological polar surface area (TPSA) is 97.8 Å². The van der Waals surface area contributed by atoms with Gasteiger partial charge in [0.2, 0.25) is 15.9 Å². The van der Waals surface area contributed by atoms with Gasteiger partial charge in [-0.05, 0) is 67.4 Å². The number of ether oxygens (including phenoxy) is 2. The first-order valence-electron chi connectivity index (χ1n) is 10.7. The summed E-state index contributed by atoms with van der Waals surface area (Å²) in [4.78, 5) is 17.3. The number of nitrogens with zero attached hydrogens (tertiary/aromatic N) is 2. The molecule has 172 valence electrons. The van der Waals surface area contributed by atoms with Gasteiger partial charge in [0, 0.05) is 24.8 Å². The summed E-state index contributed by atoms with van der Waals surface area (Å²) >= 11 is 0. The predicted octanol–water partition coefficient (Wildman–Crippen LogP) is 4.31. The molecule has 0 unspecified atom stereocenters. The van der Waals surface area contributed by atoms with E-state index in [2.05, 4.69) is 10.3 Å². The molecular weight excluding hydrogens is 442 g/mol. The Labute approximate surface area is 193 Å². The summed E-state index contributed by atoms with van der Waals surface area (Å²) in [7, 11) is -2.06. The number of methoxy groups -OCH3 is 1. The normalized spacial score (nSPS) is 14.5. The van der Waals surface area contributed by atoms with Crippen molar-refractivity contribution in [2.45, 2.75) is 24.2 Å². The Bertz CT molecular complexity index is 1220. The zero-order valence-electron chi connectivity index (χ0n) is 18.2. The number of carbonyl (C=O) groups excluding carboxylic acids is 1. The number of benzene rings is 2. The fourth-order valence-corrected chi connectivity index (χ4v) is 5.13. The monoisotopic (exact) mass is 467 g/mol. The summed E-state index contributed by atoms with van der Waals surface area (Å²) in [5.74, 6) is 0.974. The Balaban J connectivity index is 1.52. The number of hydrogen-bond donors (Lipinski definition) is 1. The van der Waals surface area contributed by atoms with Gasteiger partial charge in [-0.3, -0.25) is 4.79 Å². The molecular formula is C24H25N3O5S. The second-order valence-electron chi connectivity index (χ2n) is 7.58. The molecule has 0 radical (unpaired) electrons. The maximum absolute atomic E-state index is 13.0. The van der Waals surface area contributed by atoms with Gasteiger partial charge in [0.1, 0.15) is 17.2 Å². The Morgan fingerprint density at radius 3 is 2.42 bits per heavy atom. The molecule has 0 aliphatic carbocycles. The number of rotatable bonds is 7.